The zero-order valence-electron chi connectivity index (χ0n) is 15.2. The molecule has 2 amide bonds. The third kappa shape index (κ3) is 7.83. The Bertz CT molecular complexity index is 560. The van der Waals surface area contributed by atoms with Crippen molar-refractivity contribution in [3.8, 4) is 0 Å². The van der Waals surface area contributed by atoms with Crippen LogP contribution in [0.15, 0.2) is 30.3 Å². The maximum atomic E-state index is 12.5. The lowest BCUT2D eigenvalue weighted by Crippen LogP contribution is -2.47. The maximum absolute atomic E-state index is 12.5. The Labute approximate surface area is 149 Å². The fourth-order valence-corrected chi connectivity index (χ4v) is 2.41. The molecule has 6 heteroatoms. The molecule has 0 saturated heterocycles. The molecule has 0 radical (unpaired) electrons. The predicted molar refractivity (Wildman–Crippen MR) is 95.7 cm³/mol. The third-order valence-electron chi connectivity index (χ3n) is 3.75. The highest BCUT2D eigenvalue weighted by atomic mass is 16.5. The molecule has 0 saturated carbocycles. The van der Waals surface area contributed by atoms with Gasteiger partial charge in [-0.05, 0) is 25.8 Å². The van der Waals surface area contributed by atoms with Crippen molar-refractivity contribution in [2.45, 2.75) is 58.5 Å². The second-order valence-corrected chi connectivity index (χ2v) is 5.85. The van der Waals surface area contributed by atoms with E-state index in [1.54, 1.807) is 6.92 Å². The van der Waals surface area contributed by atoms with E-state index in [-0.39, 0.29) is 30.7 Å². The summed E-state index contributed by atoms with van der Waals surface area (Å²) in [7, 11) is 0. The van der Waals surface area contributed by atoms with E-state index in [1.807, 2.05) is 44.2 Å². The number of esters is 1. The Morgan fingerprint density at radius 2 is 1.72 bits per heavy atom. The number of nitrogens with one attached hydrogen (secondary N) is 2. The van der Waals surface area contributed by atoms with Crippen LogP contribution in [0.5, 0.6) is 0 Å². The summed E-state index contributed by atoms with van der Waals surface area (Å²) in [4.78, 5) is 35.8. The highest BCUT2D eigenvalue weighted by Gasteiger charge is 2.22. The van der Waals surface area contributed by atoms with Crippen LogP contribution in [0.3, 0.4) is 0 Å². The minimum absolute atomic E-state index is 0.0144. The first-order valence-corrected chi connectivity index (χ1v) is 8.78. The zero-order chi connectivity index (χ0) is 18.7. The fraction of sp³-hybridized carbons (Fsp3) is 0.526. The minimum Gasteiger partial charge on any atom is -0.466 e. The van der Waals surface area contributed by atoms with Crippen LogP contribution in [-0.2, 0) is 19.1 Å². The van der Waals surface area contributed by atoms with Gasteiger partial charge in [-0.25, -0.2) is 0 Å². The molecule has 2 atom stereocenters. The summed E-state index contributed by atoms with van der Waals surface area (Å²) in [5, 5.41) is 5.64. The predicted octanol–water partition coefficient (Wildman–Crippen LogP) is 2.49. The third-order valence-corrected chi connectivity index (χ3v) is 3.75. The van der Waals surface area contributed by atoms with Gasteiger partial charge in [-0.15, -0.1) is 0 Å². The molecule has 0 aliphatic carbocycles. The maximum Gasteiger partial charge on any atom is 0.306 e. The molecule has 2 N–H and O–H groups in total. The number of amides is 2. The van der Waals surface area contributed by atoms with Gasteiger partial charge in [-0.1, -0.05) is 43.7 Å². The second kappa shape index (κ2) is 11.2. The Hall–Kier alpha value is -2.37. The zero-order valence-corrected chi connectivity index (χ0v) is 15.2. The summed E-state index contributed by atoms with van der Waals surface area (Å²) in [5.74, 6) is -0.955. The van der Waals surface area contributed by atoms with Gasteiger partial charge in [0.25, 0.3) is 0 Å². The van der Waals surface area contributed by atoms with E-state index < -0.39 is 12.0 Å². The van der Waals surface area contributed by atoms with Crippen LogP contribution >= 0.6 is 0 Å². The highest BCUT2D eigenvalue weighted by molar-refractivity contribution is 5.88. The fourth-order valence-electron chi connectivity index (χ4n) is 2.41. The lowest BCUT2D eigenvalue weighted by molar-refractivity contribution is -0.144. The lowest BCUT2D eigenvalue weighted by Gasteiger charge is -2.21. The number of carbonyl (C=O) groups is 3. The summed E-state index contributed by atoms with van der Waals surface area (Å²) in [5.41, 5.74) is 1.000. The Morgan fingerprint density at radius 1 is 1.04 bits per heavy atom. The number of hydrogen-bond acceptors (Lipinski definition) is 4. The van der Waals surface area contributed by atoms with Gasteiger partial charge in [0, 0.05) is 6.42 Å². The number of ether oxygens (including phenoxy) is 1. The van der Waals surface area contributed by atoms with Gasteiger partial charge in [0.1, 0.15) is 6.04 Å². The molecule has 25 heavy (non-hydrogen) atoms. The Kier molecular flexibility index (Phi) is 9.29. The average molecular weight is 348 g/mol. The highest BCUT2D eigenvalue weighted by Crippen LogP contribution is 2.12. The molecule has 0 bridgehead atoms. The van der Waals surface area contributed by atoms with Gasteiger partial charge in [-0.2, -0.15) is 0 Å². The molecule has 1 aromatic carbocycles. The van der Waals surface area contributed by atoms with Crippen molar-refractivity contribution in [2.24, 2.45) is 0 Å². The topological polar surface area (TPSA) is 84.5 Å². The van der Waals surface area contributed by atoms with Gasteiger partial charge >= 0.3 is 5.97 Å². The second-order valence-electron chi connectivity index (χ2n) is 5.85. The standard InChI is InChI=1S/C19H28N2O4/c1-4-9-16(21-17(22)12-13-18(23)25-5-2)19(24)20-14(3)15-10-7-6-8-11-15/h6-8,10-11,14,16H,4-5,9,12-13H2,1-3H3,(H,20,24)(H,21,22). The van der Waals surface area contributed by atoms with Gasteiger partial charge in [0.05, 0.1) is 19.1 Å². The summed E-state index contributed by atoms with van der Waals surface area (Å²) in [6.07, 6.45) is 1.33. The number of rotatable bonds is 10. The van der Waals surface area contributed by atoms with E-state index in [4.69, 9.17) is 4.74 Å². The largest absolute Gasteiger partial charge is 0.466 e. The monoisotopic (exact) mass is 348 g/mol. The van der Waals surface area contributed by atoms with Crippen LogP contribution in [0, 0.1) is 0 Å². The first-order chi connectivity index (χ1) is 12.0. The van der Waals surface area contributed by atoms with E-state index >= 15 is 0 Å². The van der Waals surface area contributed by atoms with Crippen molar-refractivity contribution >= 4 is 17.8 Å². The van der Waals surface area contributed by atoms with Crippen molar-refractivity contribution in [1.82, 2.24) is 10.6 Å². The van der Waals surface area contributed by atoms with E-state index in [0.29, 0.717) is 13.0 Å². The van der Waals surface area contributed by atoms with Crippen LogP contribution in [0.2, 0.25) is 0 Å². The van der Waals surface area contributed by atoms with Gasteiger partial charge in [0.2, 0.25) is 11.8 Å². The molecular formula is C19H28N2O4. The molecule has 0 fully saturated rings. The molecule has 0 aromatic heterocycles. The van der Waals surface area contributed by atoms with Crippen molar-refractivity contribution in [1.29, 1.82) is 0 Å². The molecule has 0 spiro atoms. The van der Waals surface area contributed by atoms with Crippen LogP contribution in [0.25, 0.3) is 0 Å². The molecule has 1 rings (SSSR count). The molecule has 0 aliphatic rings. The number of hydrogen-bond donors (Lipinski definition) is 2. The normalized spacial score (nSPS) is 12.8. The molecule has 0 aliphatic heterocycles. The molecule has 6 nitrogen and oxygen atoms in total. The van der Waals surface area contributed by atoms with E-state index in [2.05, 4.69) is 10.6 Å². The SMILES string of the molecule is CCCC(NC(=O)CCC(=O)OCC)C(=O)NC(C)c1ccccc1. The van der Waals surface area contributed by atoms with Crippen LogP contribution in [-0.4, -0.2) is 30.4 Å². The summed E-state index contributed by atoms with van der Waals surface area (Å²) in [6.45, 7) is 5.86. The first kappa shape index (κ1) is 20.7. The summed E-state index contributed by atoms with van der Waals surface area (Å²) >= 11 is 0. The Morgan fingerprint density at radius 3 is 2.32 bits per heavy atom. The van der Waals surface area contributed by atoms with Crippen molar-refractivity contribution < 1.29 is 19.1 Å². The summed E-state index contributed by atoms with van der Waals surface area (Å²) in [6, 6.07) is 8.88. The molecular weight excluding hydrogens is 320 g/mol. The van der Waals surface area contributed by atoms with Crippen molar-refractivity contribution in [3.63, 3.8) is 0 Å². The molecule has 138 valence electrons. The van der Waals surface area contributed by atoms with Crippen molar-refractivity contribution in [3.05, 3.63) is 35.9 Å². The van der Waals surface area contributed by atoms with Crippen LogP contribution in [0.1, 0.15) is 58.1 Å². The van der Waals surface area contributed by atoms with Gasteiger partial charge < -0.3 is 15.4 Å². The smallest absolute Gasteiger partial charge is 0.306 e. The van der Waals surface area contributed by atoms with E-state index in [9.17, 15) is 14.4 Å². The van der Waals surface area contributed by atoms with Gasteiger partial charge in [0.15, 0.2) is 0 Å². The van der Waals surface area contributed by atoms with E-state index in [0.717, 1.165) is 12.0 Å². The minimum atomic E-state index is -0.606. The first-order valence-electron chi connectivity index (χ1n) is 8.78. The molecule has 2 unspecified atom stereocenters. The van der Waals surface area contributed by atoms with Gasteiger partial charge in [-0.3, -0.25) is 14.4 Å². The average Bonchev–Trinajstić information content (AvgIpc) is 2.60. The van der Waals surface area contributed by atoms with Crippen molar-refractivity contribution in [2.75, 3.05) is 6.61 Å². The summed E-state index contributed by atoms with van der Waals surface area (Å²) < 4.78 is 4.80. The van der Waals surface area contributed by atoms with E-state index in [1.165, 1.54) is 0 Å². The Balaban J connectivity index is 2.55. The molecule has 0 heterocycles. The number of carbonyl (C=O) groups excluding carboxylic acids is 3. The lowest BCUT2D eigenvalue weighted by atomic mass is 10.1. The quantitative estimate of drug-likeness (QED) is 0.636. The number of benzene rings is 1. The van der Waals surface area contributed by atoms with Crippen LogP contribution in [0.4, 0.5) is 0 Å². The molecule has 1 aromatic rings. The van der Waals surface area contributed by atoms with Crippen LogP contribution < -0.4 is 10.6 Å².